The Bertz CT molecular complexity index is 1010. The lowest BCUT2D eigenvalue weighted by Gasteiger charge is -2.19. The van der Waals surface area contributed by atoms with E-state index in [-0.39, 0.29) is 24.2 Å². The maximum atomic E-state index is 12.7. The second kappa shape index (κ2) is 12.2. The molecule has 1 aromatic carbocycles. The number of fused-ring (bicyclic) bond motifs is 1. The van der Waals surface area contributed by atoms with Crippen LogP contribution in [0.25, 0.3) is 6.08 Å². The summed E-state index contributed by atoms with van der Waals surface area (Å²) in [5.74, 6) is 1.66. The lowest BCUT2D eigenvalue weighted by molar-refractivity contribution is -0.125. The lowest BCUT2D eigenvalue weighted by atomic mass is 10.1. The molecule has 0 saturated heterocycles. The number of benzene rings is 1. The van der Waals surface area contributed by atoms with Crippen LogP contribution in [0.15, 0.2) is 36.5 Å². The highest BCUT2D eigenvalue weighted by Crippen LogP contribution is 2.32. The first-order valence-corrected chi connectivity index (χ1v) is 10.6. The molecule has 1 aromatic heterocycles. The number of halogens is 1. The van der Waals surface area contributed by atoms with Crippen molar-refractivity contribution < 1.29 is 19.1 Å². The molecule has 0 unspecified atom stereocenters. The number of nitrogens with zero attached hydrogens (tertiary/aromatic N) is 3. The summed E-state index contributed by atoms with van der Waals surface area (Å²) in [6.45, 7) is 3.93. The number of pyridine rings is 1. The molecular weight excluding hydrogens is 444 g/mol. The highest BCUT2D eigenvalue weighted by Gasteiger charge is 2.18. The number of rotatable bonds is 8. The number of hydrogen-bond acceptors (Lipinski definition) is 6. The van der Waals surface area contributed by atoms with Crippen molar-refractivity contribution in [3.63, 3.8) is 0 Å². The minimum Gasteiger partial charge on any atom is -0.493 e. The van der Waals surface area contributed by atoms with E-state index in [1.54, 1.807) is 31.3 Å². The first-order valence-electron chi connectivity index (χ1n) is 10.6. The molecule has 33 heavy (non-hydrogen) atoms. The highest BCUT2D eigenvalue weighted by molar-refractivity contribution is 5.93. The van der Waals surface area contributed by atoms with Gasteiger partial charge in [0.15, 0.2) is 11.5 Å². The molecule has 2 amide bonds. The zero-order valence-electron chi connectivity index (χ0n) is 19.5. The number of aromatic nitrogens is 1. The Morgan fingerprint density at radius 3 is 2.85 bits per heavy atom. The molecule has 2 aromatic rings. The van der Waals surface area contributed by atoms with Crippen LogP contribution in [0, 0.1) is 0 Å². The summed E-state index contributed by atoms with van der Waals surface area (Å²) in [7, 11) is 5.23. The Labute approximate surface area is 201 Å². The van der Waals surface area contributed by atoms with Crippen LogP contribution in [0.5, 0.6) is 11.5 Å². The highest BCUT2D eigenvalue weighted by atomic mass is 35.5. The normalized spacial score (nSPS) is 13.5. The van der Waals surface area contributed by atoms with Crippen molar-refractivity contribution >= 4 is 36.1 Å². The van der Waals surface area contributed by atoms with Gasteiger partial charge in [0.25, 0.3) is 0 Å². The summed E-state index contributed by atoms with van der Waals surface area (Å²) in [6, 6.07) is 7.61. The molecule has 1 N–H and O–H groups in total. The van der Waals surface area contributed by atoms with E-state index in [9.17, 15) is 9.59 Å². The third kappa shape index (κ3) is 6.94. The summed E-state index contributed by atoms with van der Waals surface area (Å²) in [5.41, 5.74) is 2.59. The second-order valence-electron chi connectivity index (χ2n) is 7.82. The number of para-hydroxylation sites is 1. The summed E-state index contributed by atoms with van der Waals surface area (Å²) in [4.78, 5) is 32.4. The fourth-order valence-corrected chi connectivity index (χ4v) is 3.46. The monoisotopic (exact) mass is 474 g/mol. The molecule has 2 heterocycles. The SMILES string of the molecule is CCCOc1c(CN(C)C(=O)/C=C/c2cnc3c(c2)CN(C)CC(=O)N3)cccc1OC.Cl. The summed E-state index contributed by atoms with van der Waals surface area (Å²) in [6.07, 6.45) is 5.78. The van der Waals surface area contributed by atoms with Crippen molar-refractivity contribution in [3.05, 3.63) is 53.2 Å². The molecule has 0 atom stereocenters. The molecule has 1 aliphatic rings. The number of nitrogens with one attached hydrogen (secondary N) is 1. The van der Waals surface area contributed by atoms with Gasteiger partial charge < -0.3 is 19.7 Å². The molecule has 0 bridgehead atoms. The van der Waals surface area contributed by atoms with Crippen molar-refractivity contribution in [2.75, 3.05) is 39.7 Å². The smallest absolute Gasteiger partial charge is 0.246 e. The van der Waals surface area contributed by atoms with Gasteiger partial charge in [0, 0.05) is 43.5 Å². The Kier molecular flexibility index (Phi) is 9.69. The van der Waals surface area contributed by atoms with Gasteiger partial charge in [0.05, 0.1) is 20.3 Å². The molecule has 0 radical (unpaired) electrons. The van der Waals surface area contributed by atoms with Crippen LogP contribution < -0.4 is 14.8 Å². The van der Waals surface area contributed by atoms with Crippen molar-refractivity contribution in [2.24, 2.45) is 0 Å². The largest absolute Gasteiger partial charge is 0.493 e. The van der Waals surface area contributed by atoms with E-state index in [4.69, 9.17) is 9.47 Å². The third-order valence-electron chi connectivity index (χ3n) is 5.03. The number of ether oxygens (including phenoxy) is 2. The molecule has 0 spiro atoms. The van der Waals surface area contributed by atoms with Crippen molar-refractivity contribution in [3.8, 4) is 11.5 Å². The maximum Gasteiger partial charge on any atom is 0.246 e. The van der Waals surface area contributed by atoms with Crippen LogP contribution in [-0.4, -0.2) is 61.0 Å². The number of carbonyl (C=O) groups is 2. The van der Waals surface area contributed by atoms with Gasteiger partial charge in [0.1, 0.15) is 5.82 Å². The minimum atomic E-state index is -0.144. The number of anilines is 1. The van der Waals surface area contributed by atoms with E-state index < -0.39 is 0 Å². The molecule has 178 valence electrons. The van der Waals surface area contributed by atoms with E-state index in [2.05, 4.69) is 10.3 Å². The minimum absolute atomic E-state index is 0. The summed E-state index contributed by atoms with van der Waals surface area (Å²) >= 11 is 0. The molecule has 0 saturated carbocycles. The van der Waals surface area contributed by atoms with E-state index in [0.29, 0.717) is 43.6 Å². The first-order chi connectivity index (χ1) is 15.4. The number of carbonyl (C=O) groups excluding carboxylic acids is 2. The van der Waals surface area contributed by atoms with Crippen LogP contribution in [0.3, 0.4) is 0 Å². The van der Waals surface area contributed by atoms with Crippen molar-refractivity contribution in [2.45, 2.75) is 26.4 Å². The molecule has 9 heteroatoms. The number of likely N-dealkylation sites (N-methyl/N-ethyl adjacent to an activating group) is 2. The zero-order chi connectivity index (χ0) is 23.1. The standard InChI is InChI=1S/C24H30N4O4.ClH/c1-5-11-32-23-18(7-6-8-20(23)31-4)15-28(3)22(30)10-9-17-12-19-14-27(2)16-21(29)26-24(19)25-13-17;/h6-10,12-13H,5,11,14-16H2,1-4H3,(H,25,26,29);1H/b10-9+;. The summed E-state index contributed by atoms with van der Waals surface area (Å²) < 4.78 is 11.3. The number of hydrogen-bond donors (Lipinski definition) is 1. The van der Waals surface area contributed by atoms with E-state index >= 15 is 0 Å². The van der Waals surface area contributed by atoms with Gasteiger partial charge in [-0.1, -0.05) is 19.1 Å². The van der Waals surface area contributed by atoms with Crippen LogP contribution in [-0.2, 0) is 22.7 Å². The molecule has 0 fully saturated rings. The van der Waals surface area contributed by atoms with Gasteiger partial charge in [-0.15, -0.1) is 12.4 Å². The molecular formula is C24H31ClN4O4. The lowest BCUT2D eigenvalue weighted by Crippen LogP contribution is -2.26. The van der Waals surface area contributed by atoms with Gasteiger partial charge >= 0.3 is 0 Å². The van der Waals surface area contributed by atoms with E-state index in [1.807, 2.05) is 43.1 Å². The number of amides is 2. The quantitative estimate of drug-likeness (QED) is 0.591. The van der Waals surface area contributed by atoms with E-state index in [0.717, 1.165) is 23.1 Å². The molecule has 0 aliphatic carbocycles. The average molecular weight is 475 g/mol. The Morgan fingerprint density at radius 2 is 2.12 bits per heavy atom. The average Bonchev–Trinajstić information content (AvgIpc) is 2.91. The molecule has 8 nitrogen and oxygen atoms in total. The van der Waals surface area contributed by atoms with Crippen LogP contribution in [0.1, 0.15) is 30.0 Å². The Balaban J connectivity index is 0.00000385. The van der Waals surface area contributed by atoms with Gasteiger partial charge in [-0.2, -0.15) is 0 Å². The van der Waals surface area contributed by atoms with Crippen molar-refractivity contribution in [1.29, 1.82) is 0 Å². The Morgan fingerprint density at radius 1 is 1.33 bits per heavy atom. The second-order valence-corrected chi connectivity index (χ2v) is 7.82. The van der Waals surface area contributed by atoms with E-state index in [1.165, 1.54) is 6.08 Å². The van der Waals surface area contributed by atoms with Gasteiger partial charge in [-0.05, 0) is 37.2 Å². The molecule has 1 aliphatic heterocycles. The predicted molar refractivity (Wildman–Crippen MR) is 131 cm³/mol. The fourth-order valence-electron chi connectivity index (χ4n) is 3.46. The van der Waals surface area contributed by atoms with Crippen LogP contribution >= 0.6 is 12.4 Å². The third-order valence-corrected chi connectivity index (χ3v) is 5.03. The maximum absolute atomic E-state index is 12.7. The van der Waals surface area contributed by atoms with Gasteiger partial charge in [-0.3, -0.25) is 14.5 Å². The first kappa shape index (κ1) is 26.2. The van der Waals surface area contributed by atoms with Crippen molar-refractivity contribution in [1.82, 2.24) is 14.8 Å². The summed E-state index contributed by atoms with van der Waals surface area (Å²) in [5, 5.41) is 2.81. The van der Waals surface area contributed by atoms with Gasteiger partial charge in [-0.25, -0.2) is 4.98 Å². The fraction of sp³-hybridized carbons (Fsp3) is 0.375. The van der Waals surface area contributed by atoms with Crippen LogP contribution in [0.2, 0.25) is 0 Å². The van der Waals surface area contributed by atoms with Crippen LogP contribution in [0.4, 0.5) is 5.82 Å². The zero-order valence-corrected chi connectivity index (χ0v) is 20.3. The predicted octanol–water partition coefficient (Wildman–Crippen LogP) is 3.36. The number of methoxy groups -OCH3 is 1. The topological polar surface area (TPSA) is 84.0 Å². The Hall–Kier alpha value is -3.10. The molecule has 3 rings (SSSR count). The van der Waals surface area contributed by atoms with Gasteiger partial charge in [0.2, 0.25) is 11.8 Å².